The van der Waals surface area contributed by atoms with Gasteiger partial charge in [0.05, 0.1) is 6.07 Å². The van der Waals surface area contributed by atoms with E-state index in [1.54, 1.807) is 12.1 Å². The largest absolute Gasteiger partial charge is 0.336 e. The van der Waals surface area contributed by atoms with Crippen molar-refractivity contribution in [2.24, 2.45) is 5.92 Å². The summed E-state index contributed by atoms with van der Waals surface area (Å²) in [6, 6.07) is 5.09. The molecule has 5 heteroatoms. The first-order valence-corrected chi connectivity index (χ1v) is 7.88. The minimum absolute atomic E-state index is 0.244. The van der Waals surface area contributed by atoms with Crippen molar-refractivity contribution in [1.29, 1.82) is 5.26 Å². The van der Waals surface area contributed by atoms with Crippen molar-refractivity contribution in [1.82, 2.24) is 10.3 Å². The highest BCUT2D eigenvalue weighted by atomic mass is 35.5. The van der Waals surface area contributed by atoms with Crippen LogP contribution in [0.4, 0.5) is 0 Å². The van der Waals surface area contributed by atoms with E-state index in [0.717, 1.165) is 31.4 Å². The number of aromatic nitrogens is 1. The van der Waals surface area contributed by atoms with Gasteiger partial charge in [-0.05, 0) is 37.3 Å². The summed E-state index contributed by atoms with van der Waals surface area (Å²) >= 11 is 5.94. The molecule has 112 valence electrons. The van der Waals surface area contributed by atoms with Crippen LogP contribution in [0.25, 0.3) is 0 Å². The Labute approximate surface area is 130 Å². The van der Waals surface area contributed by atoms with Gasteiger partial charge >= 0.3 is 0 Å². The molecule has 1 aromatic rings. The number of aryl methyl sites for hydroxylation is 1. The number of halogens is 1. The summed E-state index contributed by atoms with van der Waals surface area (Å²) in [5.41, 5.74) is 1.25. The Hall–Kier alpha value is -1.60. The molecule has 1 aliphatic rings. The van der Waals surface area contributed by atoms with Crippen LogP contribution in [0.15, 0.2) is 12.1 Å². The minimum Gasteiger partial charge on any atom is -0.336 e. The molecule has 21 heavy (non-hydrogen) atoms. The van der Waals surface area contributed by atoms with Gasteiger partial charge in [0, 0.05) is 11.3 Å². The molecule has 1 aromatic heterocycles. The Balaban J connectivity index is 2.08. The molecular formula is C16H20ClN3O. The lowest BCUT2D eigenvalue weighted by Gasteiger charge is -2.26. The van der Waals surface area contributed by atoms with E-state index >= 15 is 0 Å². The fourth-order valence-electron chi connectivity index (χ4n) is 2.81. The van der Waals surface area contributed by atoms with Crippen LogP contribution in [-0.4, -0.2) is 16.9 Å². The number of hydrogen-bond donors (Lipinski definition) is 1. The molecule has 1 atom stereocenters. The van der Waals surface area contributed by atoms with E-state index in [4.69, 9.17) is 11.6 Å². The van der Waals surface area contributed by atoms with Crippen LogP contribution in [0.1, 0.15) is 55.1 Å². The number of amides is 1. The predicted octanol–water partition coefficient (Wildman–Crippen LogP) is 3.50. The highest BCUT2D eigenvalue weighted by Crippen LogP contribution is 2.26. The van der Waals surface area contributed by atoms with Crippen LogP contribution in [0.2, 0.25) is 5.15 Å². The summed E-state index contributed by atoms with van der Waals surface area (Å²) in [4.78, 5) is 16.5. The van der Waals surface area contributed by atoms with Crippen LogP contribution >= 0.6 is 11.6 Å². The normalized spacial score (nSPS) is 17.0. The molecule has 0 spiro atoms. The van der Waals surface area contributed by atoms with Crippen molar-refractivity contribution in [2.45, 2.75) is 51.5 Å². The second-order valence-electron chi connectivity index (χ2n) is 5.50. The van der Waals surface area contributed by atoms with Gasteiger partial charge < -0.3 is 5.32 Å². The first kappa shape index (κ1) is 15.8. The van der Waals surface area contributed by atoms with Crippen molar-refractivity contribution in [3.8, 4) is 6.07 Å². The molecule has 4 nitrogen and oxygen atoms in total. The molecule has 2 rings (SSSR count). The number of nitrogens with zero attached hydrogens (tertiary/aromatic N) is 2. The smallest absolute Gasteiger partial charge is 0.252 e. The number of nitriles is 1. The first-order valence-electron chi connectivity index (χ1n) is 7.51. The third-order valence-corrected chi connectivity index (χ3v) is 4.21. The van der Waals surface area contributed by atoms with Gasteiger partial charge in [0.2, 0.25) is 0 Å². The number of carbonyl (C=O) groups is 1. The van der Waals surface area contributed by atoms with Gasteiger partial charge in [0.25, 0.3) is 5.91 Å². The Morgan fingerprint density at radius 2 is 2.19 bits per heavy atom. The van der Waals surface area contributed by atoms with Crippen molar-refractivity contribution in [3.63, 3.8) is 0 Å². The maximum atomic E-state index is 12.3. The molecule has 1 fully saturated rings. The van der Waals surface area contributed by atoms with Crippen molar-refractivity contribution in [2.75, 3.05) is 0 Å². The fourth-order valence-corrected chi connectivity index (χ4v) is 3.04. The van der Waals surface area contributed by atoms with Gasteiger partial charge in [0.1, 0.15) is 11.2 Å². The lowest BCUT2D eigenvalue weighted by molar-refractivity contribution is 0.0928. The van der Waals surface area contributed by atoms with E-state index in [-0.39, 0.29) is 11.8 Å². The Morgan fingerprint density at radius 1 is 1.48 bits per heavy atom. The van der Waals surface area contributed by atoms with Gasteiger partial charge in [-0.25, -0.2) is 4.98 Å². The van der Waals surface area contributed by atoms with E-state index in [1.165, 1.54) is 6.42 Å². The fraction of sp³-hybridized carbons (Fsp3) is 0.562. The molecule has 1 aliphatic carbocycles. The number of rotatable bonds is 4. The molecule has 0 radical (unpaired) electrons. The predicted molar refractivity (Wildman–Crippen MR) is 82.1 cm³/mol. The van der Waals surface area contributed by atoms with Crippen molar-refractivity contribution < 1.29 is 4.79 Å². The topological polar surface area (TPSA) is 65.8 Å². The average Bonchev–Trinajstić information content (AvgIpc) is 2.52. The Bertz CT molecular complexity index is 547. The van der Waals surface area contributed by atoms with Gasteiger partial charge in [0.15, 0.2) is 0 Å². The first-order chi connectivity index (χ1) is 10.1. The zero-order valence-corrected chi connectivity index (χ0v) is 13.0. The summed E-state index contributed by atoms with van der Waals surface area (Å²) < 4.78 is 0. The SMILES string of the molecule is CCc1cc(C(=O)NC(C#N)C2CCCCC2)cc(Cl)n1. The minimum atomic E-state index is -0.421. The second kappa shape index (κ2) is 7.42. The third kappa shape index (κ3) is 4.18. The molecule has 0 aromatic carbocycles. The number of nitrogens with one attached hydrogen (secondary N) is 1. The summed E-state index contributed by atoms with van der Waals surface area (Å²) in [5.74, 6) is 0.0155. The molecule has 1 amide bonds. The highest BCUT2D eigenvalue weighted by molar-refractivity contribution is 6.29. The maximum absolute atomic E-state index is 12.3. The Morgan fingerprint density at radius 3 is 2.81 bits per heavy atom. The average molecular weight is 306 g/mol. The monoisotopic (exact) mass is 305 g/mol. The van der Waals surface area contributed by atoms with Crippen LogP contribution in [0.5, 0.6) is 0 Å². The Kier molecular flexibility index (Phi) is 5.58. The number of carbonyl (C=O) groups excluding carboxylic acids is 1. The van der Waals surface area contributed by atoms with Gasteiger partial charge in [-0.3, -0.25) is 4.79 Å². The zero-order chi connectivity index (χ0) is 15.2. The highest BCUT2D eigenvalue weighted by Gasteiger charge is 2.25. The summed E-state index contributed by atoms with van der Waals surface area (Å²) in [6.45, 7) is 1.96. The second-order valence-corrected chi connectivity index (χ2v) is 5.89. The lowest BCUT2D eigenvalue weighted by atomic mass is 9.84. The van der Waals surface area contributed by atoms with Crippen molar-refractivity contribution >= 4 is 17.5 Å². The van der Waals surface area contributed by atoms with Gasteiger partial charge in [-0.15, -0.1) is 0 Å². The van der Waals surface area contributed by atoms with Crippen LogP contribution < -0.4 is 5.32 Å². The van der Waals surface area contributed by atoms with Crippen LogP contribution in [-0.2, 0) is 6.42 Å². The number of pyridine rings is 1. The van der Waals surface area contributed by atoms with Crippen molar-refractivity contribution in [3.05, 3.63) is 28.5 Å². The molecule has 0 saturated heterocycles. The molecular weight excluding hydrogens is 286 g/mol. The van der Waals surface area contributed by atoms with Gasteiger partial charge in [-0.1, -0.05) is 37.8 Å². The summed E-state index contributed by atoms with van der Waals surface area (Å²) in [7, 11) is 0. The summed E-state index contributed by atoms with van der Waals surface area (Å²) in [5, 5.41) is 12.5. The standard InChI is InChI=1S/C16H20ClN3O/c1-2-13-8-12(9-15(17)19-13)16(21)20-14(10-18)11-6-4-3-5-7-11/h8-9,11,14H,2-7H2,1H3,(H,20,21). The summed E-state index contributed by atoms with van der Waals surface area (Å²) in [6.07, 6.45) is 6.23. The lowest BCUT2D eigenvalue weighted by Crippen LogP contribution is -2.40. The molecule has 1 heterocycles. The molecule has 1 unspecified atom stereocenters. The van der Waals surface area contributed by atoms with E-state index in [0.29, 0.717) is 17.1 Å². The molecule has 1 N–H and O–H groups in total. The van der Waals surface area contributed by atoms with E-state index < -0.39 is 6.04 Å². The quantitative estimate of drug-likeness (QED) is 0.866. The zero-order valence-electron chi connectivity index (χ0n) is 12.2. The molecule has 0 aliphatic heterocycles. The van der Waals surface area contributed by atoms with Crippen LogP contribution in [0, 0.1) is 17.2 Å². The van der Waals surface area contributed by atoms with Crippen LogP contribution in [0.3, 0.4) is 0 Å². The maximum Gasteiger partial charge on any atom is 0.252 e. The van der Waals surface area contributed by atoms with Gasteiger partial charge in [-0.2, -0.15) is 5.26 Å². The van der Waals surface area contributed by atoms with E-state index in [1.807, 2.05) is 6.92 Å². The third-order valence-electron chi connectivity index (χ3n) is 4.02. The van der Waals surface area contributed by atoms with E-state index in [9.17, 15) is 10.1 Å². The molecule has 0 bridgehead atoms. The molecule has 1 saturated carbocycles. The number of hydrogen-bond acceptors (Lipinski definition) is 3. The van der Waals surface area contributed by atoms with E-state index in [2.05, 4.69) is 16.4 Å².